The van der Waals surface area contributed by atoms with Crippen LogP contribution in [0.2, 0.25) is 19.6 Å². The molecule has 2 aliphatic carbocycles. The van der Waals surface area contributed by atoms with Crippen molar-refractivity contribution in [1.82, 2.24) is 0 Å². The highest BCUT2D eigenvalue weighted by atomic mass is 35.5. The van der Waals surface area contributed by atoms with E-state index in [0.717, 1.165) is 11.8 Å². The lowest BCUT2D eigenvalue weighted by molar-refractivity contribution is 0.480. The fourth-order valence-electron chi connectivity index (χ4n) is 3.16. The van der Waals surface area contributed by atoms with Gasteiger partial charge in [0, 0.05) is 4.50 Å². The van der Waals surface area contributed by atoms with E-state index in [1.54, 1.807) is 0 Å². The molecule has 0 bridgehead atoms. The van der Waals surface area contributed by atoms with Crippen LogP contribution in [0.25, 0.3) is 0 Å². The third-order valence-corrected chi connectivity index (χ3v) is 9.19. The van der Waals surface area contributed by atoms with Crippen LogP contribution in [0.15, 0.2) is 0 Å². The summed E-state index contributed by atoms with van der Waals surface area (Å²) >= 11 is 6.75. The zero-order valence-corrected chi connectivity index (χ0v) is 10.1. The Kier molecular flexibility index (Phi) is 1.90. The van der Waals surface area contributed by atoms with E-state index in [9.17, 15) is 0 Å². The van der Waals surface area contributed by atoms with E-state index in [1.165, 1.54) is 25.7 Å². The van der Waals surface area contributed by atoms with Crippen molar-refractivity contribution >= 4 is 19.7 Å². The minimum absolute atomic E-state index is 0.295. The summed E-state index contributed by atoms with van der Waals surface area (Å²) in [6, 6.07) is 0. The Morgan fingerprint density at radius 2 is 1.50 bits per heavy atom. The molecule has 0 unspecified atom stereocenters. The Morgan fingerprint density at radius 3 is 1.83 bits per heavy atom. The first-order valence-electron chi connectivity index (χ1n) is 5.17. The molecule has 2 fully saturated rings. The summed E-state index contributed by atoms with van der Waals surface area (Å²) in [4.78, 5) is 0. The van der Waals surface area contributed by atoms with Crippen molar-refractivity contribution in [3.63, 3.8) is 0 Å². The number of hydrogen-bond acceptors (Lipinski definition) is 0. The van der Waals surface area contributed by atoms with Crippen LogP contribution in [0.4, 0.5) is 0 Å². The molecule has 70 valence electrons. The lowest BCUT2D eigenvalue weighted by atomic mass is 10.0. The van der Waals surface area contributed by atoms with Gasteiger partial charge < -0.3 is 0 Å². The summed E-state index contributed by atoms with van der Waals surface area (Å²) in [5.74, 6) is 1.80. The quantitative estimate of drug-likeness (QED) is 0.450. The van der Waals surface area contributed by atoms with Crippen LogP contribution < -0.4 is 0 Å². The van der Waals surface area contributed by atoms with Gasteiger partial charge in [-0.3, -0.25) is 0 Å². The molecule has 2 atom stereocenters. The largest absolute Gasteiger partial charge is 0.122 e. The third kappa shape index (κ3) is 1.02. The van der Waals surface area contributed by atoms with Crippen LogP contribution in [0.3, 0.4) is 0 Å². The van der Waals surface area contributed by atoms with Gasteiger partial charge in [-0.25, -0.2) is 0 Å². The molecule has 0 nitrogen and oxygen atoms in total. The van der Waals surface area contributed by atoms with E-state index in [0.29, 0.717) is 4.50 Å². The van der Waals surface area contributed by atoms with Crippen molar-refractivity contribution in [3.8, 4) is 0 Å². The van der Waals surface area contributed by atoms with Gasteiger partial charge in [0.15, 0.2) is 0 Å². The molecule has 2 heteroatoms. The minimum atomic E-state index is -1.11. The molecule has 0 spiro atoms. The van der Waals surface area contributed by atoms with Crippen LogP contribution in [0.5, 0.6) is 0 Å². The molecule has 0 radical (unpaired) electrons. The van der Waals surface area contributed by atoms with E-state index in [2.05, 4.69) is 19.6 Å². The Bertz CT molecular complexity index is 183. The first kappa shape index (κ1) is 9.08. The molecule has 12 heavy (non-hydrogen) atoms. The summed E-state index contributed by atoms with van der Waals surface area (Å²) in [6.07, 6.45) is 5.69. The Morgan fingerprint density at radius 1 is 1.08 bits per heavy atom. The van der Waals surface area contributed by atoms with Crippen molar-refractivity contribution in [1.29, 1.82) is 0 Å². The first-order chi connectivity index (χ1) is 5.48. The Labute approximate surface area is 81.7 Å². The average Bonchev–Trinajstić information content (AvgIpc) is 2.59. The van der Waals surface area contributed by atoms with Gasteiger partial charge in [-0.2, -0.15) is 0 Å². The number of halogens is 1. The Balaban J connectivity index is 2.15. The second kappa shape index (κ2) is 2.51. The maximum absolute atomic E-state index is 6.75. The number of alkyl halides is 1. The normalized spacial score (nSPS) is 47.0. The molecule has 0 saturated heterocycles. The first-order valence-corrected chi connectivity index (χ1v) is 9.04. The highest BCUT2D eigenvalue weighted by Crippen LogP contribution is 2.66. The van der Waals surface area contributed by atoms with Crippen LogP contribution in [-0.2, 0) is 0 Å². The van der Waals surface area contributed by atoms with Crippen molar-refractivity contribution in [3.05, 3.63) is 0 Å². The SMILES string of the molecule is C[Si](C)(C)C1(Cl)[C@@H]2CCCC[C@H]21. The van der Waals surface area contributed by atoms with Gasteiger partial charge in [-0.15, -0.1) is 11.6 Å². The van der Waals surface area contributed by atoms with E-state index in [4.69, 9.17) is 11.6 Å². The van der Waals surface area contributed by atoms with Gasteiger partial charge in [0.25, 0.3) is 0 Å². The van der Waals surface area contributed by atoms with Crippen molar-refractivity contribution in [2.45, 2.75) is 49.8 Å². The zero-order valence-electron chi connectivity index (χ0n) is 8.36. The topological polar surface area (TPSA) is 0 Å². The molecule has 0 aromatic carbocycles. The maximum atomic E-state index is 6.75. The molecule has 0 aromatic heterocycles. The van der Waals surface area contributed by atoms with E-state index < -0.39 is 8.07 Å². The summed E-state index contributed by atoms with van der Waals surface area (Å²) in [5.41, 5.74) is 0. The van der Waals surface area contributed by atoms with Gasteiger partial charge in [0.2, 0.25) is 0 Å². The maximum Gasteiger partial charge on any atom is 0.0695 e. The predicted octanol–water partition coefficient (Wildman–Crippen LogP) is 3.66. The summed E-state index contributed by atoms with van der Waals surface area (Å²) in [5, 5.41) is 0. The molecular formula is C10H19ClSi. The highest BCUT2D eigenvalue weighted by Gasteiger charge is 2.68. The van der Waals surface area contributed by atoms with Crippen LogP contribution in [0.1, 0.15) is 25.7 Å². The second-order valence-electron chi connectivity index (χ2n) is 5.52. The zero-order chi connectivity index (χ0) is 8.98. The molecular weight excluding hydrogens is 184 g/mol. The molecule has 0 aliphatic heterocycles. The summed E-state index contributed by atoms with van der Waals surface area (Å²) in [6.45, 7) is 7.29. The molecule has 2 aliphatic rings. The van der Waals surface area contributed by atoms with Gasteiger partial charge in [0.05, 0.1) is 8.07 Å². The summed E-state index contributed by atoms with van der Waals surface area (Å²) in [7, 11) is -1.11. The van der Waals surface area contributed by atoms with Crippen molar-refractivity contribution < 1.29 is 0 Å². The lowest BCUT2D eigenvalue weighted by Gasteiger charge is -2.24. The standard InChI is InChI=1S/C10H19ClSi/c1-12(2,3)10(11)8-6-4-5-7-9(8)10/h8-9H,4-7H2,1-3H3/t8-,9-/m1/s1. The molecule has 0 heterocycles. The molecule has 0 N–H and O–H groups in total. The highest BCUT2D eigenvalue weighted by molar-refractivity contribution is 6.87. The third-order valence-electron chi connectivity index (χ3n) is 3.89. The monoisotopic (exact) mass is 202 g/mol. The van der Waals surface area contributed by atoms with Crippen LogP contribution in [-0.4, -0.2) is 12.6 Å². The average molecular weight is 203 g/mol. The van der Waals surface area contributed by atoms with E-state index in [-0.39, 0.29) is 0 Å². The van der Waals surface area contributed by atoms with E-state index >= 15 is 0 Å². The van der Waals surface area contributed by atoms with Gasteiger partial charge in [-0.1, -0.05) is 32.5 Å². The van der Waals surface area contributed by atoms with Crippen molar-refractivity contribution in [2.75, 3.05) is 0 Å². The van der Waals surface area contributed by atoms with Gasteiger partial charge >= 0.3 is 0 Å². The fourth-order valence-corrected chi connectivity index (χ4v) is 6.45. The number of hydrogen-bond donors (Lipinski definition) is 0. The minimum Gasteiger partial charge on any atom is -0.122 e. The van der Waals surface area contributed by atoms with Gasteiger partial charge in [-0.05, 0) is 24.7 Å². The Hall–Kier alpha value is 0.507. The number of rotatable bonds is 1. The predicted molar refractivity (Wildman–Crippen MR) is 57.4 cm³/mol. The molecule has 0 amide bonds. The van der Waals surface area contributed by atoms with Gasteiger partial charge in [0.1, 0.15) is 0 Å². The van der Waals surface area contributed by atoms with E-state index in [1.807, 2.05) is 0 Å². The fraction of sp³-hybridized carbons (Fsp3) is 1.00. The van der Waals surface area contributed by atoms with Crippen molar-refractivity contribution in [2.24, 2.45) is 11.8 Å². The second-order valence-corrected chi connectivity index (χ2v) is 11.8. The number of fused-ring (bicyclic) bond motifs is 1. The smallest absolute Gasteiger partial charge is 0.0695 e. The van der Waals surface area contributed by atoms with Crippen LogP contribution in [0, 0.1) is 11.8 Å². The lowest BCUT2D eigenvalue weighted by Crippen LogP contribution is -2.38. The van der Waals surface area contributed by atoms with Crippen LogP contribution >= 0.6 is 11.6 Å². The molecule has 2 rings (SSSR count). The molecule has 0 aromatic rings. The summed E-state index contributed by atoms with van der Waals surface area (Å²) < 4.78 is 0.295. The molecule has 2 saturated carbocycles.